The molecule has 2 rings (SSSR count). The third kappa shape index (κ3) is 7.28. The van der Waals surface area contributed by atoms with Crippen LogP contribution in [0.25, 0.3) is 0 Å². The summed E-state index contributed by atoms with van der Waals surface area (Å²) < 4.78 is 7.67. The van der Waals surface area contributed by atoms with Crippen molar-refractivity contribution in [3.05, 3.63) is 48.3 Å². The lowest BCUT2D eigenvalue weighted by atomic mass is 10.2. The number of hydrogen-bond acceptors (Lipinski definition) is 3. The van der Waals surface area contributed by atoms with Gasteiger partial charge in [0.1, 0.15) is 5.75 Å². The van der Waals surface area contributed by atoms with Gasteiger partial charge >= 0.3 is 0 Å². The fraction of sp³-hybridized carbons (Fsp3) is 0.474. The van der Waals surface area contributed by atoms with Crippen LogP contribution < -0.4 is 15.4 Å². The Bertz CT molecular complexity index is 637. The molecule has 136 valence electrons. The second kappa shape index (κ2) is 10.4. The molecule has 6 heteroatoms. The van der Waals surface area contributed by atoms with Crippen molar-refractivity contribution in [1.29, 1.82) is 0 Å². The van der Waals surface area contributed by atoms with Gasteiger partial charge in [-0.05, 0) is 51.0 Å². The van der Waals surface area contributed by atoms with Gasteiger partial charge in [-0.2, -0.15) is 5.10 Å². The predicted octanol–water partition coefficient (Wildman–Crippen LogP) is 2.82. The van der Waals surface area contributed by atoms with Crippen molar-refractivity contribution in [1.82, 2.24) is 20.4 Å². The average Bonchev–Trinajstić information content (AvgIpc) is 3.09. The van der Waals surface area contributed by atoms with Crippen LogP contribution in [0.15, 0.2) is 47.7 Å². The highest BCUT2D eigenvalue weighted by Crippen LogP contribution is 2.15. The van der Waals surface area contributed by atoms with Gasteiger partial charge in [0.2, 0.25) is 0 Å². The zero-order valence-electron chi connectivity index (χ0n) is 15.4. The van der Waals surface area contributed by atoms with Gasteiger partial charge in [0.15, 0.2) is 5.96 Å². The van der Waals surface area contributed by atoms with Crippen LogP contribution in [-0.2, 0) is 13.1 Å². The number of hydrogen-bond donors (Lipinski definition) is 2. The van der Waals surface area contributed by atoms with E-state index in [1.807, 2.05) is 49.0 Å². The molecule has 25 heavy (non-hydrogen) atoms. The van der Waals surface area contributed by atoms with Crippen LogP contribution in [0, 0.1) is 0 Å². The van der Waals surface area contributed by atoms with Crippen LogP contribution in [0.5, 0.6) is 5.75 Å². The van der Waals surface area contributed by atoms with Gasteiger partial charge < -0.3 is 15.4 Å². The molecule has 2 N–H and O–H groups in total. The fourth-order valence-electron chi connectivity index (χ4n) is 2.38. The average molecular weight is 343 g/mol. The van der Waals surface area contributed by atoms with Gasteiger partial charge in [0.25, 0.3) is 0 Å². The molecule has 0 saturated carbocycles. The van der Waals surface area contributed by atoms with Crippen molar-refractivity contribution in [2.75, 3.05) is 13.1 Å². The zero-order chi connectivity index (χ0) is 17.9. The van der Waals surface area contributed by atoms with E-state index >= 15 is 0 Å². The van der Waals surface area contributed by atoms with Crippen LogP contribution in [0.3, 0.4) is 0 Å². The number of nitrogens with one attached hydrogen (secondary N) is 2. The zero-order valence-corrected chi connectivity index (χ0v) is 15.4. The Kier molecular flexibility index (Phi) is 7.82. The fourth-order valence-corrected chi connectivity index (χ4v) is 2.38. The van der Waals surface area contributed by atoms with Crippen LogP contribution in [0.1, 0.15) is 32.8 Å². The highest BCUT2D eigenvalue weighted by Gasteiger charge is 2.01. The van der Waals surface area contributed by atoms with Crippen molar-refractivity contribution >= 4 is 5.96 Å². The first kappa shape index (κ1) is 18.8. The largest absolute Gasteiger partial charge is 0.491 e. The summed E-state index contributed by atoms with van der Waals surface area (Å²) in [5.74, 6) is 1.72. The molecule has 0 fully saturated rings. The molecule has 0 spiro atoms. The topological polar surface area (TPSA) is 63.5 Å². The van der Waals surface area contributed by atoms with Crippen LogP contribution in [0.2, 0.25) is 0 Å². The Labute approximate surface area is 150 Å². The van der Waals surface area contributed by atoms with Crippen LogP contribution in [-0.4, -0.2) is 34.9 Å². The number of benzene rings is 1. The summed E-state index contributed by atoms with van der Waals surface area (Å²) in [6.07, 6.45) is 4.94. The maximum absolute atomic E-state index is 5.74. The van der Waals surface area contributed by atoms with Gasteiger partial charge in [0.05, 0.1) is 12.6 Å². The lowest BCUT2D eigenvalue weighted by Gasteiger charge is -2.12. The number of nitrogens with zero attached hydrogens (tertiary/aromatic N) is 3. The molecule has 1 aromatic heterocycles. The first-order valence-electron chi connectivity index (χ1n) is 8.92. The molecule has 0 aliphatic rings. The number of aliphatic imine (C=N–C) groups is 1. The Morgan fingerprint density at radius 2 is 2.16 bits per heavy atom. The minimum absolute atomic E-state index is 0.174. The number of guanidine groups is 1. The summed E-state index contributed by atoms with van der Waals surface area (Å²) in [7, 11) is 0. The van der Waals surface area contributed by atoms with Gasteiger partial charge in [-0.25, -0.2) is 4.99 Å². The Hall–Kier alpha value is -2.50. The summed E-state index contributed by atoms with van der Waals surface area (Å²) in [4.78, 5) is 4.65. The molecule has 0 atom stereocenters. The second-order valence-corrected chi connectivity index (χ2v) is 6.06. The molecule has 1 aromatic carbocycles. The molecule has 0 aliphatic heterocycles. The molecule has 0 amide bonds. The van der Waals surface area contributed by atoms with Gasteiger partial charge in [-0.3, -0.25) is 4.68 Å². The van der Waals surface area contributed by atoms with Gasteiger partial charge in [-0.15, -0.1) is 0 Å². The maximum Gasteiger partial charge on any atom is 0.191 e. The summed E-state index contributed by atoms with van der Waals surface area (Å²) in [6, 6.07) is 10.0. The molecular weight excluding hydrogens is 314 g/mol. The van der Waals surface area contributed by atoms with E-state index in [-0.39, 0.29) is 6.10 Å². The van der Waals surface area contributed by atoms with E-state index in [0.717, 1.165) is 43.3 Å². The van der Waals surface area contributed by atoms with Gasteiger partial charge in [-0.1, -0.05) is 12.1 Å². The summed E-state index contributed by atoms with van der Waals surface area (Å²) in [6.45, 7) is 9.32. The maximum atomic E-state index is 5.74. The Balaban J connectivity index is 1.83. The third-order valence-electron chi connectivity index (χ3n) is 3.45. The molecule has 1 heterocycles. The lowest BCUT2D eigenvalue weighted by molar-refractivity contribution is 0.242. The normalized spacial score (nSPS) is 11.6. The molecular formula is C19H29N5O. The third-order valence-corrected chi connectivity index (χ3v) is 3.45. The van der Waals surface area contributed by atoms with E-state index < -0.39 is 0 Å². The molecule has 0 bridgehead atoms. The number of aromatic nitrogens is 2. The first-order valence-corrected chi connectivity index (χ1v) is 8.92. The second-order valence-electron chi connectivity index (χ2n) is 6.06. The summed E-state index contributed by atoms with van der Waals surface area (Å²) in [5, 5.41) is 10.9. The number of aryl methyl sites for hydroxylation is 1. The first-order chi connectivity index (χ1) is 12.2. The standard InChI is InChI=1S/C19H29N5O/c1-4-20-19(21-10-6-12-24-13-7-11-23-24)22-15-17-8-5-9-18(14-17)25-16(2)3/h5,7-9,11,13-14,16H,4,6,10,12,15H2,1-3H3,(H2,20,21,22). The van der Waals surface area contributed by atoms with Crippen molar-refractivity contribution < 1.29 is 4.74 Å². The highest BCUT2D eigenvalue weighted by atomic mass is 16.5. The van der Waals surface area contributed by atoms with Crippen molar-refractivity contribution in [2.24, 2.45) is 4.99 Å². The molecule has 0 saturated heterocycles. The molecule has 2 aromatic rings. The van der Waals surface area contributed by atoms with Crippen molar-refractivity contribution in [3.63, 3.8) is 0 Å². The Morgan fingerprint density at radius 3 is 2.88 bits per heavy atom. The van der Waals surface area contributed by atoms with E-state index in [9.17, 15) is 0 Å². The minimum Gasteiger partial charge on any atom is -0.491 e. The van der Waals surface area contributed by atoms with Gasteiger partial charge in [0, 0.05) is 32.0 Å². The van der Waals surface area contributed by atoms with E-state index in [1.54, 1.807) is 6.20 Å². The SMILES string of the molecule is CCNC(=NCc1cccc(OC(C)C)c1)NCCCn1cccn1. The van der Waals surface area contributed by atoms with Crippen LogP contribution in [0.4, 0.5) is 0 Å². The summed E-state index contributed by atoms with van der Waals surface area (Å²) >= 11 is 0. The minimum atomic E-state index is 0.174. The lowest BCUT2D eigenvalue weighted by Crippen LogP contribution is -2.38. The smallest absolute Gasteiger partial charge is 0.191 e. The summed E-state index contributed by atoms with van der Waals surface area (Å²) in [5.41, 5.74) is 1.13. The van der Waals surface area contributed by atoms with Crippen LogP contribution >= 0.6 is 0 Å². The number of ether oxygens (including phenoxy) is 1. The van der Waals surface area contributed by atoms with Crippen molar-refractivity contribution in [2.45, 2.75) is 46.4 Å². The predicted molar refractivity (Wildman–Crippen MR) is 102 cm³/mol. The quantitative estimate of drug-likeness (QED) is 0.417. The van der Waals surface area contributed by atoms with E-state index in [0.29, 0.717) is 6.54 Å². The highest BCUT2D eigenvalue weighted by molar-refractivity contribution is 5.79. The monoisotopic (exact) mass is 343 g/mol. The molecule has 6 nitrogen and oxygen atoms in total. The van der Waals surface area contributed by atoms with Crippen molar-refractivity contribution in [3.8, 4) is 5.75 Å². The molecule has 0 aliphatic carbocycles. The molecule has 0 radical (unpaired) electrons. The molecule has 0 unspecified atom stereocenters. The van der Waals surface area contributed by atoms with E-state index in [1.165, 1.54) is 0 Å². The van der Waals surface area contributed by atoms with E-state index in [2.05, 4.69) is 33.7 Å². The Morgan fingerprint density at radius 1 is 1.28 bits per heavy atom. The number of rotatable bonds is 9. The van der Waals surface area contributed by atoms with E-state index in [4.69, 9.17) is 4.74 Å².